The number of esters is 1. The van der Waals surface area contributed by atoms with Crippen LogP contribution >= 0.6 is 11.6 Å². The van der Waals surface area contributed by atoms with Gasteiger partial charge in [0.2, 0.25) is 0 Å². The molecule has 0 saturated heterocycles. The van der Waals surface area contributed by atoms with Crippen molar-refractivity contribution >= 4 is 29.2 Å². The van der Waals surface area contributed by atoms with E-state index in [-0.39, 0.29) is 6.61 Å². The van der Waals surface area contributed by atoms with Crippen molar-refractivity contribution in [2.45, 2.75) is 39.2 Å². The maximum absolute atomic E-state index is 12.2. The molecule has 142 valence electrons. The van der Waals surface area contributed by atoms with Gasteiger partial charge in [0.1, 0.15) is 5.75 Å². The molecule has 2 aromatic carbocycles. The molecule has 6 heteroatoms. The van der Waals surface area contributed by atoms with Crippen LogP contribution in [0.15, 0.2) is 36.4 Å². The number of halogens is 1. The van der Waals surface area contributed by atoms with Crippen molar-refractivity contribution in [3.05, 3.63) is 58.1 Å². The van der Waals surface area contributed by atoms with Gasteiger partial charge in [0, 0.05) is 10.7 Å². The van der Waals surface area contributed by atoms with E-state index in [9.17, 15) is 9.59 Å². The van der Waals surface area contributed by atoms with Crippen LogP contribution in [0.1, 0.15) is 30.0 Å². The fourth-order valence-corrected chi connectivity index (χ4v) is 3.22. The fraction of sp³-hybridized carbons (Fsp3) is 0.333. The molecule has 2 aromatic rings. The average Bonchev–Trinajstić information content (AvgIpc) is 3.11. The number of amides is 1. The van der Waals surface area contributed by atoms with Crippen molar-refractivity contribution in [2.75, 3.05) is 11.9 Å². The second-order valence-corrected chi connectivity index (χ2v) is 7.01. The first-order valence-electron chi connectivity index (χ1n) is 8.94. The van der Waals surface area contributed by atoms with Gasteiger partial charge in [-0.2, -0.15) is 0 Å². The maximum atomic E-state index is 12.2. The van der Waals surface area contributed by atoms with E-state index in [0.717, 1.165) is 24.8 Å². The van der Waals surface area contributed by atoms with Gasteiger partial charge in [0.05, 0.1) is 0 Å². The van der Waals surface area contributed by atoms with Crippen molar-refractivity contribution in [3.63, 3.8) is 0 Å². The first-order valence-corrected chi connectivity index (χ1v) is 9.32. The smallest absolute Gasteiger partial charge is 0.344 e. The number of hydrogen-bond acceptors (Lipinski definition) is 4. The summed E-state index contributed by atoms with van der Waals surface area (Å²) >= 11 is 6.04. The van der Waals surface area contributed by atoms with Gasteiger partial charge in [-0.25, -0.2) is 4.79 Å². The lowest BCUT2D eigenvalue weighted by Gasteiger charge is -2.15. The zero-order valence-electron chi connectivity index (χ0n) is 15.4. The first-order chi connectivity index (χ1) is 12.9. The zero-order chi connectivity index (χ0) is 19.4. The van der Waals surface area contributed by atoms with Crippen molar-refractivity contribution in [1.82, 2.24) is 0 Å². The number of aryl methyl sites for hydroxylation is 2. The molecular weight excluding hydrogens is 366 g/mol. The molecule has 1 aliphatic rings. The number of fused-ring (bicyclic) bond motifs is 1. The Bertz CT molecular complexity index is 865. The number of nitrogens with one attached hydrogen (secondary N) is 1. The summed E-state index contributed by atoms with van der Waals surface area (Å²) in [5.41, 5.74) is 3.95. The Morgan fingerprint density at radius 3 is 2.78 bits per heavy atom. The minimum absolute atomic E-state index is 0.243. The molecule has 0 unspecified atom stereocenters. The van der Waals surface area contributed by atoms with E-state index in [1.165, 1.54) is 18.1 Å². The maximum Gasteiger partial charge on any atom is 0.344 e. The third-order valence-corrected chi connectivity index (χ3v) is 5.04. The van der Waals surface area contributed by atoms with E-state index in [0.29, 0.717) is 16.5 Å². The summed E-state index contributed by atoms with van der Waals surface area (Å²) in [4.78, 5) is 24.2. The molecular formula is C21H22ClNO4. The number of anilines is 1. The Morgan fingerprint density at radius 2 is 1.96 bits per heavy atom. The third kappa shape index (κ3) is 4.80. The van der Waals surface area contributed by atoms with E-state index in [4.69, 9.17) is 21.1 Å². The van der Waals surface area contributed by atoms with E-state index in [1.807, 2.05) is 18.2 Å². The molecule has 1 N–H and O–H groups in total. The average molecular weight is 388 g/mol. The van der Waals surface area contributed by atoms with Gasteiger partial charge in [0.15, 0.2) is 12.7 Å². The number of hydrogen-bond donors (Lipinski definition) is 1. The molecule has 1 amide bonds. The van der Waals surface area contributed by atoms with Gasteiger partial charge >= 0.3 is 5.97 Å². The number of carbonyl (C=O) groups excluding carboxylic acids is 2. The summed E-state index contributed by atoms with van der Waals surface area (Å²) in [7, 11) is 0. The first kappa shape index (κ1) is 19.2. The topological polar surface area (TPSA) is 64.6 Å². The number of ether oxygens (including phenoxy) is 2. The Kier molecular flexibility index (Phi) is 6.01. The van der Waals surface area contributed by atoms with Crippen LogP contribution in [0.4, 0.5) is 5.69 Å². The minimum atomic E-state index is -0.945. The summed E-state index contributed by atoms with van der Waals surface area (Å²) in [5, 5.41) is 3.27. The molecule has 27 heavy (non-hydrogen) atoms. The normalized spacial score (nSPS) is 13.6. The summed E-state index contributed by atoms with van der Waals surface area (Å²) in [6.07, 6.45) is 2.34. The lowest BCUT2D eigenvalue weighted by molar-refractivity contribution is -0.155. The van der Waals surface area contributed by atoms with Crippen LogP contribution in [0.5, 0.6) is 5.75 Å². The standard InChI is InChI=1S/C21H22ClNO4/c1-13-18(22)7-4-8-19(13)23-21(25)14(2)27-20(24)12-26-17-10-9-15-5-3-6-16(15)11-17/h4,7-11,14H,3,5-6,12H2,1-2H3,(H,23,25)/t14-/m0/s1. The summed E-state index contributed by atoms with van der Waals surface area (Å²) < 4.78 is 10.7. The van der Waals surface area contributed by atoms with Gasteiger partial charge in [-0.3, -0.25) is 4.79 Å². The van der Waals surface area contributed by atoms with Crippen LogP contribution in [0, 0.1) is 6.92 Å². The third-order valence-electron chi connectivity index (χ3n) is 4.63. The van der Waals surface area contributed by atoms with Crippen molar-refractivity contribution in [3.8, 4) is 5.75 Å². The van der Waals surface area contributed by atoms with Crippen molar-refractivity contribution in [1.29, 1.82) is 0 Å². The van der Waals surface area contributed by atoms with Gasteiger partial charge in [-0.05, 0) is 74.1 Å². The largest absolute Gasteiger partial charge is 0.482 e. The highest BCUT2D eigenvalue weighted by atomic mass is 35.5. The van der Waals surface area contributed by atoms with Crippen LogP contribution in [-0.4, -0.2) is 24.6 Å². The predicted molar refractivity (Wildman–Crippen MR) is 104 cm³/mol. The second-order valence-electron chi connectivity index (χ2n) is 6.61. The molecule has 0 aliphatic heterocycles. The predicted octanol–water partition coefficient (Wildman–Crippen LogP) is 4.09. The van der Waals surface area contributed by atoms with Crippen molar-refractivity contribution in [2.24, 2.45) is 0 Å². The lowest BCUT2D eigenvalue weighted by atomic mass is 10.1. The molecule has 0 radical (unpaired) electrons. The Labute approximate surface area is 163 Å². The van der Waals surface area contributed by atoms with Gasteiger partial charge in [-0.15, -0.1) is 0 Å². The molecule has 0 saturated carbocycles. The SMILES string of the molecule is Cc1c(Cl)cccc1NC(=O)[C@H](C)OC(=O)COc1ccc2c(c1)CCC2. The van der Waals surface area contributed by atoms with Crippen LogP contribution in [0.25, 0.3) is 0 Å². The van der Waals surface area contributed by atoms with Crippen LogP contribution in [0.3, 0.4) is 0 Å². The van der Waals surface area contributed by atoms with Crippen LogP contribution in [0.2, 0.25) is 5.02 Å². The zero-order valence-corrected chi connectivity index (χ0v) is 16.1. The molecule has 5 nitrogen and oxygen atoms in total. The summed E-state index contributed by atoms with van der Waals surface area (Å²) in [5.74, 6) is -0.383. The molecule has 0 heterocycles. The molecule has 1 atom stereocenters. The van der Waals surface area contributed by atoms with E-state index in [1.54, 1.807) is 25.1 Å². The lowest BCUT2D eigenvalue weighted by Crippen LogP contribution is -2.31. The van der Waals surface area contributed by atoms with Crippen LogP contribution in [-0.2, 0) is 27.2 Å². The molecule has 3 rings (SSSR count). The van der Waals surface area contributed by atoms with Crippen molar-refractivity contribution < 1.29 is 19.1 Å². The molecule has 0 bridgehead atoms. The highest BCUT2D eigenvalue weighted by Gasteiger charge is 2.19. The molecule has 1 aliphatic carbocycles. The minimum Gasteiger partial charge on any atom is -0.482 e. The van der Waals surface area contributed by atoms with Gasteiger partial charge < -0.3 is 14.8 Å². The number of carbonyl (C=O) groups is 2. The highest BCUT2D eigenvalue weighted by molar-refractivity contribution is 6.31. The quantitative estimate of drug-likeness (QED) is 0.758. The second kappa shape index (κ2) is 8.44. The van der Waals surface area contributed by atoms with Gasteiger partial charge in [-0.1, -0.05) is 23.7 Å². The van der Waals surface area contributed by atoms with Gasteiger partial charge in [0.25, 0.3) is 5.91 Å². The monoisotopic (exact) mass is 387 g/mol. The van der Waals surface area contributed by atoms with E-state index < -0.39 is 18.0 Å². The Hall–Kier alpha value is -2.53. The number of rotatable bonds is 6. The van der Waals surface area contributed by atoms with E-state index in [2.05, 4.69) is 5.32 Å². The highest BCUT2D eigenvalue weighted by Crippen LogP contribution is 2.26. The summed E-state index contributed by atoms with van der Waals surface area (Å²) in [6, 6.07) is 11.1. The molecule has 0 spiro atoms. The number of benzene rings is 2. The summed E-state index contributed by atoms with van der Waals surface area (Å²) in [6.45, 7) is 3.08. The van der Waals surface area contributed by atoms with E-state index >= 15 is 0 Å². The van der Waals surface area contributed by atoms with Crippen LogP contribution < -0.4 is 10.1 Å². The molecule has 0 aromatic heterocycles. The molecule has 0 fully saturated rings. The fourth-order valence-electron chi connectivity index (χ4n) is 3.04. The Balaban J connectivity index is 1.49. The Morgan fingerprint density at radius 1 is 1.19 bits per heavy atom.